The molecule has 0 saturated carbocycles. The molecule has 0 aromatic carbocycles. The predicted octanol–water partition coefficient (Wildman–Crippen LogP) is 1.24. The fourth-order valence-electron chi connectivity index (χ4n) is 0.935. The summed E-state index contributed by atoms with van der Waals surface area (Å²) in [6.07, 6.45) is 2.39. The van der Waals surface area contributed by atoms with Crippen molar-refractivity contribution in [3.8, 4) is 0 Å². The van der Waals surface area contributed by atoms with E-state index in [2.05, 4.69) is 17.6 Å². The SMILES string of the molecule is CCCCSC(C)C(=O)NCCNC. The molecule has 0 saturated heterocycles. The maximum absolute atomic E-state index is 11.5. The molecule has 3 nitrogen and oxygen atoms in total. The van der Waals surface area contributed by atoms with Crippen molar-refractivity contribution in [3.05, 3.63) is 0 Å². The Morgan fingerprint density at radius 3 is 2.71 bits per heavy atom. The Hall–Kier alpha value is -0.220. The summed E-state index contributed by atoms with van der Waals surface area (Å²) in [6, 6.07) is 0. The fourth-order valence-corrected chi connectivity index (χ4v) is 1.98. The second-order valence-electron chi connectivity index (χ2n) is 3.26. The first-order valence-corrected chi connectivity index (χ1v) is 6.31. The molecule has 0 aromatic heterocycles. The highest BCUT2D eigenvalue weighted by Gasteiger charge is 2.11. The van der Waals surface area contributed by atoms with Gasteiger partial charge < -0.3 is 10.6 Å². The summed E-state index contributed by atoms with van der Waals surface area (Å²) < 4.78 is 0. The largest absolute Gasteiger partial charge is 0.354 e. The topological polar surface area (TPSA) is 41.1 Å². The summed E-state index contributed by atoms with van der Waals surface area (Å²) in [5.41, 5.74) is 0. The lowest BCUT2D eigenvalue weighted by molar-refractivity contribution is -0.120. The first kappa shape index (κ1) is 13.8. The van der Waals surface area contributed by atoms with Crippen LogP contribution < -0.4 is 10.6 Å². The third kappa shape index (κ3) is 7.21. The van der Waals surface area contributed by atoms with Crippen LogP contribution in [0.1, 0.15) is 26.7 Å². The number of hydrogen-bond acceptors (Lipinski definition) is 3. The summed E-state index contributed by atoms with van der Waals surface area (Å²) in [5.74, 6) is 1.23. The number of amides is 1. The Bertz CT molecular complexity index is 153. The number of unbranched alkanes of at least 4 members (excludes halogenated alkanes) is 1. The first-order chi connectivity index (χ1) is 6.72. The average Bonchev–Trinajstić information content (AvgIpc) is 2.18. The van der Waals surface area contributed by atoms with E-state index in [9.17, 15) is 4.79 Å². The molecule has 0 bridgehead atoms. The summed E-state index contributed by atoms with van der Waals surface area (Å²) in [5, 5.41) is 5.96. The van der Waals surface area contributed by atoms with Gasteiger partial charge >= 0.3 is 0 Å². The Morgan fingerprint density at radius 2 is 2.14 bits per heavy atom. The third-order valence-electron chi connectivity index (χ3n) is 1.91. The van der Waals surface area contributed by atoms with Gasteiger partial charge in [0, 0.05) is 13.1 Å². The lowest BCUT2D eigenvalue weighted by atomic mass is 10.4. The van der Waals surface area contributed by atoms with E-state index in [1.165, 1.54) is 12.8 Å². The number of hydrogen-bond donors (Lipinski definition) is 2. The van der Waals surface area contributed by atoms with Gasteiger partial charge in [0.05, 0.1) is 5.25 Å². The number of thioether (sulfide) groups is 1. The van der Waals surface area contributed by atoms with E-state index in [-0.39, 0.29) is 11.2 Å². The van der Waals surface area contributed by atoms with E-state index in [1.807, 2.05) is 14.0 Å². The van der Waals surface area contributed by atoms with Crippen molar-refractivity contribution in [3.63, 3.8) is 0 Å². The van der Waals surface area contributed by atoms with Crippen molar-refractivity contribution in [2.75, 3.05) is 25.9 Å². The van der Waals surface area contributed by atoms with Crippen LogP contribution in [0.15, 0.2) is 0 Å². The Balaban J connectivity index is 3.44. The highest BCUT2D eigenvalue weighted by atomic mass is 32.2. The lowest BCUT2D eigenvalue weighted by Gasteiger charge is -2.11. The van der Waals surface area contributed by atoms with Crippen molar-refractivity contribution in [2.45, 2.75) is 31.9 Å². The number of nitrogens with one attached hydrogen (secondary N) is 2. The molecule has 4 heteroatoms. The standard InChI is InChI=1S/C10H22N2OS/c1-4-5-8-14-9(2)10(13)12-7-6-11-3/h9,11H,4-8H2,1-3H3,(H,12,13). The van der Waals surface area contributed by atoms with Gasteiger partial charge in [0.2, 0.25) is 5.91 Å². The molecular weight excluding hydrogens is 196 g/mol. The van der Waals surface area contributed by atoms with Crippen LogP contribution in [0.5, 0.6) is 0 Å². The van der Waals surface area contributed by atoms with Crippen LogP contribution in [0, 0.1) is 0 Å². The highest BCUT2D eigenvalue weighted by molar-refractivity contribution is 8.00. The van der Waals surface area contributed by atoms with E-state index in [4.69, 9.17) is 0 Å². The van der Waals surface area contributed by atoms with Crippen molar-refractivity contribution in [1.82, 2.24) is 10.6 Å². The zero-order valence-electron chi connectivity index (χ0n) is 9.43. The second-order valence-corrected chi connectivity index (χ2v) is 4.71. The summed E-state index contributed by atoms with van der Waals surface area (Å²) in [6.45, 7) is 5.68. The molecule has 2 N–H and O–H groups in total. The van der Waals surface area contributed by atoms with Gasteiger partial charge in [-0.1, -0.05) is 13.3 Å². The van der Waals surface area contributed by atoms with Gasteiger partial charge in [-0.3, -0.25) is 4.79 Å². The Morgan fingerprint density at radius 1 is 1.43 bits per heavy atom. The number of rotatable bonds is 8. The highest BCUT2D eigenvalue weighted by Crippen LogP contribution is 2.12. The zero-order chi connectivity index (χ0) is 10.8. The summed E-state index contributed by atoms with van der Waals surface area (Å²) in [7, 11) is 1.88. The van der Waals surface area contributed by atoms with Gasteiger partial charge in [-0.2, -0.15) is 0 Å². The second kappa shape index (κ2) is 9.34. The normalized spacial score (nSPS) is 12.5. The van der Waals surface area contributed by atoms with Gasteiger partial charge in [-0.05, 0) is 26.1 Å². The molecular formula is C10H22N2OS. The maximum atomic E-state index is 11.5. The van der Waals surface area contributed by atoms with Crippen LogP contribution in [0.3, 0.4) is 0 Å². The summed E-state index contributed by atoms with van der Waals surface area (Å²) in [4.78, 5) is 11.5. The minimum absolute atomic E-state index is 0.0819. The molecule has 1 atom stereocenters. The lowest BCUT2D eigenvalue weighted by Crippen LogP contribution is -2.35. The molecule has 0 aromatic rings. The maximum Gasteiger partial charge on any atom is 0.232 e. The van der Waals surface area contributed by atoms with E-state index in [1.54, 1.807) is 11.8 Å². The van der Waals surface area contributed by atoms with Crippen LogP contribution in [-0.2, 0) is 4.79 Å². The van der Waals surface area contributed by atoms with Crippen LogP contribution in [0.4, 0.5) is 0 Å². The molecule has 0 aliphatic rings. The molecule has 0 spiro atoms. The molecule has 1 unspecified atom stereocenters. The van der Waals surface area contributed by atoms with Crippen molar-refractivity contribution in [1.29, 1.82) is 0 Å². The molecule has 14 heavy (non-hydrogen) atoms. The number of carbonyl (C=O) groups excluding carboxylic acids is 1. The van der Waals surface area contributed by atoms with Crippen LogP contribution in [0.2, 0.25) is 0 Å². The van der Waals surface area contributed by atoms with Gasteiger partial charge in [0.15, 0.2) is 0 Å². The number of likely N-dealkylation sites (N-methyl/N-ethyl adjacent to an activating group) is 1. The van der Waals surface area contributed by atoms with E-state index >= 15 is 0 Å². The minimum Gasteiger partial charge on any atom is -0.354 e. The minimum atomic E-state index is 0.0819. The van der Waals surface area contributed by atoms with E-state index in [0.29, 0.717) is 6.54 Å². The van der Waals surface area contributed by atoms with Crippen LogP contribution in [-0.4, -0.2) is 37.0 Å². The molecule has 0 radical (unpaired) electrons. The van der Waals surface area contributed by atoms with Gasteiger partial charge in [-0.15, -0.1) is 11.8 Å². The van der Waals surface area contributed by atoms with E-state index < -0.39 is 0 Å². The molecule has 0 aliphatic heterocycles. The van der Waals surface area contributed by atoms with Crippen molar-refractivity contribution < 1.29 is 4.79 Å². The van der Waals surface area contributed by atoms with Crippen LogP contribution >= 0.6 is 11.8 Å². The molecule has 1 amide bonds. The van der Waals surface area contributed by atoms with E-state index in [0.717, 1.165) is 12.3 Å². The van der Waals surface area contributed by atoms with Gasteiger partial charge in [0.1, 0.15) is 0 Å². The predicted molar refractivity (Wildman–Crippen MR) is 63.8 cm³/mol. The molecule has 0 fully saturated rings. The Kier molecular flexibility index (Phi) is 9.19. The monoisotopic (exact) mass is 218 g/mol. The Labute approximate surface area is 91.4 Å². The summed E-state index contributed by atoms with van der Waals surface area (Å²) >= 11 is 1.73. The number of carbonyl (C=O) groups is 1. The first-order valence-electron chi connectivity index (χ1n) is 5.26. The molecule has 0 rings (SSSR count). The average molecular weight is 218 g/mol. The van der Waals surface area contributed by atoms with Gasteiger partial charge in [-0.25, -0.2) is 0 Å². The van der Waals surface area contributed by atoms with Crippen molar-refractivity contribution >= 4 is 17.7 Å². The van der Waals surface area contributed by atoms with Gasteiger partial charge in [0.25, 0.3) is 0 Å². The molecule has 84 valence electrons. The fraction of sp³-hybridized carbons (Fsp3) is 0.900. The quantitative estimate of drug-likeness (QED) is 0.602. The molecule has 0 aliphatic carbocycles. The third-order valence-corrected chi connectivity index (χ3v) is 3.15. The zero-order valence-corrected chi connectivity index (χ0v) is 10.2. The van der Waals surface area contributed by atoms with Crippen molar-refractivity contribution in [2.24, 2.45) is 0 Å². The smallest absolute Gasteiger partial charge is 0.232 e. The molecule has 0 heterocycles. The van der Waals surface area contributed by atoms with Crippen LogP contribution in [0.25, 0.3) is 0 Å².